The monoisotopic (exact) mass is 307 g/mol. The summed E-state index contributed by atoms with van der Waals surface area (Å²) in [4.78, 5) is 12.8. The number of nitrogens with one attached hydrogen (secondary N) is 1. The predicted molar refractivity (Wildman–Crippen MR) is 90.3 cm³/mol. The van der Waals surface area contributed by atoms with E-state index >= 15 is 0 Å². The molecule has 118 valence electrons. The summed E-state index contributed by atoms with van der Waals surface area (Å²) >= 11 is 0. The smallest absolute Gasteiger partial charge is 0.0991 e. The van der Waals surface area contributed by atoms with Gasteiger partial charge >= 0.3 is 0 Å². The molecule has 5 heteroatoms. The minimum absolute atomic E-state index is 0.145. The first kappa shape index (κ1) is 15.4. The quantitative estimate of drug-likeness (QED) is 0.785. The van der Waals surface area contributed by atoms with Gasteiger partial charge in [0.1, 0.15) is 0 Å². The van der Waals surface area contributed by atoms with E-state index in [-0.39, 0.29) is 12.1 Å². The van der Waals surface area contributed by atoms with Gasteiger partial charge in [0, 0.05) is 42.6 Å². The van der Waals surface area contributed by atoms with Crippen LogP contribution >= 0.6 is 0 Å². The maximum Gasteiger partial charge on any atom is 0.0991 e. The molecule has 2 heterocycles. The number of hydrogen-bond acceptors (Lipinski definition) is 4. The average Bonchev–Trinajstić information content (AvgIpc) is 3.09. The largest absolute Gasteiger partial charge is 0.306 e. The van der Waals surface area contributed by atoms with Crippen LogP contribution in [0.5, 0.6) is 0 Å². The predicted octanol–water partition coefficient (Wildman–Crippen LogP) is 3.38. The van der Waals surface area contributed by atoms with Gasteiger partial charge in [0.15, 0.2) is 0 Å². The van der Waals surface area contributed by atoms with Gasteiger partial charge < -0.3 is 9.88 Å². The molecular formula is C18H21N5. The number of benzene rings is 1. The Morgan fingerprint density at radius 2 is 1.70 bits per heavy atom. The minimum atomic E-state index is 0.145. The molecule has 3 aromatic rings. The van der Waals surface area contributed by atoms with E-state index in [9.17, 15) is 0 Å². The van der Waals surface area contributed by atoms with Crippen molar-refractivity contribution in [2.75, 3.05) is 0 Å². The van der Waals surface area contributed by atoms with Crippen LogP contribution in [0.2, 0.25) is 0 Å². The van der Waals surface area contributed by atoms with Crippen molar-refractivity contribution < 1.29 is 0 Å². The van der Waals surface area contributed by atoms with Gasteiger partial charge in [0.2, 0.25) is 0 Å². The van der Waals surface area contributed by atoms with Gasteiger partial charge in [-0.3, -0.25) is 9.97 Å². The number of nitrogens with zero attached hydrogens (tertiary/aromatic N) is 4. The highest BCUT2D eigenvalue weighted by Gasteiger charge is 2.14. The molecule has 3 rings (SSSR count). The van der Waals surface area contributed by atoms with Gasteiger partial charge in [0.05, 0.1) is 17.7 Å². The molecule has 0 spiro atoms. The Hall–Kier alpha value is -2.53. The molecule has 2 aromatic heterocycles. The zero-order valence-corrected chi connectivity index (χ0v) is 13.6. The molecule has 2 unspecified atom stereocenters. The first-order chi connectivity index (χ1) is 11.1. The topological polar surface area (TPSA) is 55.6 Å². The lowest BCUT2D eigenvalue weighted by atomic mass is 10.1. The van der Waals surface area contributed by atoms with Crippen LogP contribution in [-0.2, 0) is 0 Å². The summed E-state index contributed by atoms with van der Waals surface area (Å²) in [6.45, 7) is 6.27. The Labute approximate surface area is 136 Å². The first-order valence-electron chi connectivity index (χ1n) is 7.77. The molecular weight excluding hydrogens is 286 g/mol. The van der Waals surface area contributed by atoms with E-state index in [0.29, 0.717) is 0 Å². The van der Waals surface area contributed by atoms with Crippen LogP contribution < -0.4 is 5.32 Å². The van der Waals surface area contributed by atoms with Gasteiger partial charge in [-0.1, -0.05) is 12.1 Å². The molecule has 0 aliphatic rings. The lowest BCUT2D eigenvalue weighted by Crippen LogP contribution is -2.24. The van der Waals surface area contributed by atoms with E-state index < -0.39 is 0 Å². The Kier molecular flexibility index (Phi) is 4.48. The highest BCUT2D eigenvalue weighted by Crippen LogP contribution is 2.20. The summed E-state index contributed by atoms with van der Waals surface area (Å²) in [5.41, 5.74) is 4.31. The highest BCUT2D eigenvalue weighted by atomic mass is 15.0. The summed E-state index contributed by atoms with van der Waals surface area (Å²) in [5.74, 6) is 0. The SMILES string of the molecule is Cc1nccnc1C(C)NC(C)c1ccc(-n2ccnc2)cc1. The lowest BCUT2D eigenvalue weighted by Gasteiger charge is -2.21. The van der Waals surface area contributed by atoms with Crippen molar-refractivity contribution in [3.8, 4) is 5.69 Å². The van der Waals surface area contributed by atoms with Gasteiger partial charge in [-0.25, -0.2) is 4.98 Å². The third kappa shape index (κ3) is 3.46. The van der Waals surface area contributed by atoms with Crippen molar-refractivity contribution in [2.24, 2.45) is 0 Å². The maximum atomic E-state index is 4.44. The van der Waals surface area contributed by atoms with Crippen molar-refractivity contribution in [2.45, 2.75) is 32.9 Å². The van der Waals surface area contributed by atoms with Crippen molar-refractivity contribution in [1.29, 1.82) is 0 Å². The first-order valence-corrected chi connectivity index (χ1v) is 7.77. The van der Waals surface area contributed by atoms with E-state index in [1.165, 1.54) is 5.56 Å². The van der Waals surface area contributed by atoms with E-state index in [4.69, 9.17) is 0 Å². The summed E-state index contributed by atoms with van der Waals surface area (Å²) in [7, 11) is 0. The Morgan fingerprint density at radius 1 is 0.957 bits per heavy atom. The summed E-state index contributed by atoms with van der Waals surface area (Å²) in [6, 6.07) is 8.86. The fourth-order valence-electron chi connectivity index (χ4n) is 2.74. The van der Waals surface area contributed by atoms with Crippen LogP contribution in [0, 0.1) is 6.92 Å². The van der Waals surface area contributed by atoms with E-state index in [0.717, 1.165) is 17.1 Å². The Balaban J connectivity index is 1.71. The second kappa shape index (κ2) is 6.71. The van der Waals surface area contributed by atoms with Crippen LogP contribution in [0.15, 0.2) is 55.4 Å². The standard InChI is InChI=1S/C18H21N5/c1-13(22-15(3)18-14(2)20-8-9-21-18)16-4-6-17(7-5-16)23-11-10-19-12-23/h4-13,15,22H,1-3H3. The summed E-state index contributed by atoms with van der Waals surface area (Å²) < 4.78 is 1.99. The van der Waals surface area contributed by atoms with Crippen molar-refractivity contribution >= 4 is 0 Å². The van der Waals surface area contributed by atoms with Crippen LogP contribution in [0.4, 0.5) is 0 Å². The molecule has 0 fully saturated rings. The number of hydrogen-bond donors (Lipinski definition) is 1. The molecule has 0 amide bonds. The average molecular weight is 307 g/mol. The molecule has 0 aliphatic heterocycles. The van der Waals surface area contributed by atoms with E-state index in [1.807, 2.05) is 17.7 Å². The Bertz CT molecular complexity index is 749. The van der Waals surface area contributed by atoms with Crippen LogP contribution in [0.3, 0.4) is 0 Å². The zero-order chi connectivity index (χ0) is 16.2. The Morgan fingerprint density at radius 3 is 2.35 bits per heavy atom. The van der Waals surface area contributed by atoms with Crippen LogP contribution in [0.1, 0.15) is 42.9 Å². The normalized spacial score (nSPS) is 13.7. The minimum Gasteiger partial charge on any atom is -0.306 e. The van der Waals surface area contributed by atoms with Gasteiger partial charge in [0.25, 0.3) is 0 Å². The lowest BCUT2D eigenvalue weighted by molar-refractivity contribution is 0.483. The van der Waals surface area contributed by atoms with Crippen LogP contribution in [-0.4, -0.2) is 19.5 Å². The number of rotatable bonds is 5. The van der Waals surface area contributed by atoms with Crippen LogP contribution in [0.25, 0.3) is 5.69 Å². The molecule has 2 atom stereocenters. The van der Waals surface area contributed by atoms with Gasteiger partial charge in [-0.05, 0) is 38.5 Å². The molecule has 23 heavy (non-hydrogen) atoms. The fraction of sp³-hybridized carbons (Fsp3) is 0.278. The third-order valence-electron chi connectivity index (χ3n) is 4.02. The fourth-order valence-corrected chi connectivity index (χ4v) is 2.74. The molecule has 1 aromatic carbocycles. The zero-order valence-electron chi connectivity index (χ0n) is 13.6. The number of aromatic nitrogens is 4. The molecule has 1 N–H and O–H groups in total. The molecule has 0 saturated heterocycles. The maximum absolute atomic E-state index is 4.44. The molecule has 0 saturated carbocycles. The molecule has 0 aliphatic carbocycles. The van der Waals surface area contributed by atoms with E-state index in [2.05, 4.69) is 58.4 Å². The third-order valence-corrected chi connectivity index (χ3v) is 4.02. The molecule has 0 radical (unpaired) electrons. The molecule has 0 bridgehead atoms. The van der Waals surface area contributed by atoms with E-state index in [1.54, 1.807) is 24.9 Å². The second-order valence-electron chi connectivity index (χ2n) is 5.70. The van der Waals surface area contributed by atoms with Gasteiger partial charge in [-0.15, -0.1) is 0 Å². The summed E-state index contributed by atoms with van der Waals surface area (Å²) in [5, 5.41) is 3.59. The van der Waals surface area contributed by atoms with Gasteiger partial charge in [-0.2, -0.15) is 0 Å². The highest BCUT2D eigenvalue weighted by molar-refractivity contribution is 5.35. The summed E-state index contributed by atoms with van der Waals surface area (Å²) in [6.07, 6.45) is 8.99. The number of imidazole rings is 1. The second-order valence-corrected chi connectivity index (χ2v) is 5.70. The number of aryl methyl sites for hydroxylation is 1. The van der Waals surface area contributed by atoms with Crippen molar-refractivity contribution in [3.05, 3.63) is 72.3 Å². The molecule has 5 nitrogen and oxygen atoms in total. The van der Waals surface area contributed by atoms with Crippen molar-refractivity contribution in [1.82, 2.24) is 24.8 Å². The van der Waals surface area contributed by atoms with Crippen molar-refractivity contribution in [3.63, 3.8) is 0 Å².